The highest BCUT2D eigenvalue weighted by Crippen LogP contribution is 2.42. The Morgan fingerprint density at radius 3 is 2.39 bits per heavy atom. The highest BCUT2D eigenvalue weighted by Gasteiger charge is 2.26. The smallest absolute Gasteiger partial charge is 0.335 e. The summed E-state index contributed by atoms with van der Waals surface area (Å²) in [6.07, 6.45) is 7.09. The third kappa shape index (κ3) is 6.75. The molecule has 5 rings (SSSR count). The molecule has 212 valence electrons. The summed E-state index contributed by atoms with van der Waals surface area (Å²) in [6.45, 7) is 2.83. The second kappa shape index (κ2) is 12.6. The molecule has 5 nitrogen and oxygen atoms in total. The number of carboxylic acids is 1. The van der Waals surface area contributed by atoms with Crippen LogP contribution < -0.4 is 0 Å². The topological polar surface area (TPSA) is 60.9 Å². The number of hydrogen-bond acceptors (Lipinski definition) is 3. The van der Waals surface area contributed by atoms with Crippen LogP contribution in [-0.2, 0) is 17.6 Å². The first-order valence-electron chi connectivity index (χ1n) is 13.9. The van der Waals surface area contributed by atoms with Crippen molar-refractivity contribution in [1.82, 2.24) is 9.80 Å². The van der Waals surface area contributed by atoms with Gasteiger partial charge < -0.3 is 10.0 Å². The van der Waals surface area contributed by atoms with E-state index in [-0.39, 0.29) is 5.91 Å². The lowest BCUT2D eigenvalue weighted by molar-refractivity contribution is -0.123. The SMILES string of the molecule is CN(C)C(=O)/C=C/CN1CC(Cc2ccc(C3=C(c4ccc(Cl)cc4Cl)CCCc4cc(C(=O)O)ccc43)cc2)C1. The highest BCUT2D eigenvalue weighted by atomic mass is 35.5. The maximum absolute atomic E-state index is 11.7. The van der Waals surface area contributed by atoms with Crippen LogP contribution >= 0.6 is 23.2 Å². The Bertz CT molecular complexity index is 1520. The number of carboxylic acid groups (broad SMARTS) is 1. The second-order valence-electron chi connectivity index (χ2n) is 11.1. The monoisotopic (exact) mass is 588 g/mol. The molecule has 0 radical (unpaired) electrons. The third-order valence-electron chi connectivity index (χ3n) is 7.92. The van der Waals surface area contributed by atoms with Crippen LogP contribution in [-0.4, -0.2) is 60.5 Å². The summed E-state index contributed by atoms with van der Waals surface area (Å²) in [7, 11) is 3.51. The van der Waals surface area contributed by atoms with Gasteiger partial charge in [-0.15, -0.1) is 0 Å². The first-order chi connectivity index (χ1) is 19.7. The molecule has 3 aromatic carbocycles. The lowest BCUT2D eigenvalue weighted by Crippen LogP contribution is -2.47. The van der Waals surface area contributed by atoms with Gasteiger partial charge in [-0.25, -0.2) is 4.79 Å². The fourth-order valence-electron chi connectivity index (χ4n) is 5.80. The van der Waals surface area contributed by atoms with Crippen LogP contribution in [0.2, 0.25) is 10.0 Å². The molecular weight excluding hydrogens is 555 g/mol. The number of aromatic carboxylic acids is 1. The number of halogens is 2. The van der Waals surface area contributed by atoms with Crippen molar-refractivity contribution in [1.29, 1.82) is 0 Å². The van der Waals surface area contributed by atoms with Crippen molar-refractivity contribution in [2.45, 2.75) is 25.7 Å². The van der Waals surface area contributed by atoms with Crippen molar-refractivity contribution in [3.05, 3.63) is 116 Å². The van der Waals surface area contributed by atoms with Crippen molar-refractivity contribution < 1.29 is 14.7 Å². The van der Waals surface area contributed by atoms with Gasteiger partial charge in [0.2, 0.25) is 5.91 Å². The predicted octanol–water partition coefficient (Wildman–Crippen LogP) is 7.11. The van der Waals surface area contributed by atoms with Gasteiger partial charge in [0.25, 0.3) is 0 Å². The summed E-state index contributed by atoms with van der Waals surface area (Å²) in [5.74, 6) is -0.313. The van der Waals surface area contributed by atoms with Crippen LogP contribution in [0.15, 0.2) is 72.8 Å². The summed E-state index contributed by atoms with van der Waals surface area (Å²) in [4.78, 5) is 27.3. The second-order valence-corrected chi connectivity index (χ2v) is 12.0. The van der Waals surface area contributed by atoms with E-state index in [0.29, 0.717) is 21.5 Å². The lowest BCUT2D eigenvalue weighted by Gasteiger charge is -2.38. The zero-order valence-electron chi connectivity index (χ0n) is 23.4. The van der Waals surface area contributed by atoms with E-state index in [1.165, 1.54) is 5.56 Å². The van der Waals surface area contributed by atoms with Crippen LogP contribution in [0.25, 0.3) is 11.1 Å². The van der Waals surface area contributed by atoms with Gasteiger partial charge >= 0.3 is 5.97 Å². The molecule has 7 heteroatoms. The van der Waals surface area contributed by atoms with Crippen molar-refractivity contribution in [2.75, 3.05) is 33.7 Å². The minimum atomic E-state index is -0.916. The molecule has 0 aromatic heterocycles. The number of benzene rings is 3. The quantitative estimate of drug-likeness (QED) is 0.285. The Kier molecular flexibility index (Phi) is 8.98. The summed E-state index contributed by atoms with van der Waals surface area (Å²) in [6, 6.07) is 19.9. The van der Waals surface area contributed by atoms with Gasteiger partial charge in [-0.05, 0) is 94.8 Å². The molecule has 41 heavy (non-hydrogen) atoms. The maximum atomic E-state index is 11.7. The minimum Gasteiger partial charge on any atom is -0.478 e. The molecule has 1 heterocycles. The fraction of sp³-hybridized carbons (Fsp3) is 0.294. The summed E-state index contributed by atoms with van der Waals surface area (Å²) < 4.78 is 0. The van der Waals surface area contributed by atoms with Gasteiger partial charge in [0.05, 0.1) is 5.56 Å². The van der Waals surface area contributed by atoms with Gasteiger partial charge in [0, 0.05) is 49.9 Å². The number of nitrogens with zero attached hydrogens (tertiary/aromatic N) is 2. The van der Waals surface area contributed by atoms with E-state index in [1.54, 1.807) is 37.2 Å². The largest absolute Gasteiger partial charge is 0.478 e. The Balaban J connectivity index is 1.39. The molecule has 1 fully saturated rings. The summed E-state index contributed by atoms with van der Waals surface area (Å²) in [5, 5.41) is 10.8. The van der Waals surface area contributed by atoms with Gasteiger partial charge in [-0.3, -0.25) is 9.69 Å². The van der Waals surface area contributed by atoms with Crippen molar-refractivity contribution >= 4 is 46.2 Å². The van der Waals surface area contributed by atoms with Gasteiger partial charge in [-0.1, -0.05) is 65.7 Å². The summed E-state index contributed by atoms with van der Waals surface area (Å²) in [5.41, 5.74) is 7.99. The molecular formula is C34H34Cl2N2O3. The van der Waals surface area contributed by atoms with E-state index >= 15 is 0 Å². The number of amides is 1. The van der Waals surface area contributed by atoms with Crippen LogP contribution in [0.3, 0.4) is 0 Å². The van der Waals surface area contributed by atoms with E-state index in [2.05, 4.69) is 29.2 Å². The number of allylic oxidation sites excluding steroid dienone is 1. The highest BCUT2D eigenvalue weighted by molar-refractivity contribution is 6.36. The lowest BCUT2D eigenvalue weighted by atomic mass is 9.86. The van der Waals surface area contributed by atoms with E-state index in [0.717, 1.165) is 78.7 Å². The van der Waals surface area contributed by atoms with Crippen LogP contribution in [0.4, 0.5) is 0 Å². The van der Waals surface area contributed by atoms with Crippen molar-refractivity contribution in [2.24, 2.45) is 5.92 Å². The van der Waals surface area contributed by atoms with E-state index in [1.807, 2.05) is 30.3 Å². The van der Waals surface area contributed by atoms with E-state index < -0.39 is 5.97 Å². The molecule has 0 spiro atoms. The predicted molar refractivity (Wildman–Crippen MR) is 167 cm³/mol. The van der Waals surface area contributed by atoms with Crippen LogP contribution in [0, 0.1) is 5.92 Å². The van der Waals surface area contributed by atoms with E-state index in [4.69, 9.17) is 23.2 Å². The Morgan fingerprint density at radius 2 is 1.71 bits per heavy atom. The fourth-order valence-corrected chi connectivity index (χ4v) is 6.32. The molecule has 2 aliphatic rings. The average molecular weight is 590 g/mol. The number of carbonyl (C=O) groups excluding carboxylic acids is 1. The normalized spacial score (nSPS) is 15.9. The Hall–Kier alpha value is -3.38. The third-order valence-corrected chi connectivity index (χ3v) is 8.46. The molecule has 3 aromatic rings. The van der Waals surface area contributed by atoms with Crippen molar-refractivity contribution in [3.63, 3.8) is 0 Å². The molecule has 0 unspecified atom stereocenters. The Labute approximate surface area is 251 Å². The van der Waals surface area contributed by atoms with E-state index in [9.17, 15) is 14.7 Å². The maximum Gasteiger partial charge on any atom is 0.335 e. The summed E-state index contributed by atoms with van der Waals surface area (Å²) >= 11 is 12.9. The zero-order chi connectivity index (χ0) is 29.1. The number of carbonyl (C=O) groups is 2. The van der Waals surface area contributed by atoms with Crippen molar-refractivity contribution in [3.8, 4) is 0 Å². The van der Waals surface area contributed by atoms with Crippen LogP contribution in [0.1, 0.15) is 51.0 Å². The van der Waals surface area contributed by atoms with Gasteiger partial charge in [-0.2, -0.15) is 0 Å². The molecule has 0 saturated carbocycles. The van der Waals surface area contributed by atoms with Gasteiger partial charge in [0.15, 0.2) is 0 Å². The molecule has 1 amide bonds. The molecule has 0 atom stereocenters. The average Bonchev–Trinajstić information content (AvgIpc) is 3.11. The standard InChI is InChI=1S/C34H34Cl2N2O3/c1-37(2)32(39)7-4-16-38-20-23(21-38)17-22-8-10-24(11-9-22)33-28-14-12-26(34(40)41)18-25(28)5-3-6-30(33)29-15-13-27(35)19-31(29)36/h4,7-15,18-19,23H,3,5-6,16-17,20-21H2,1-2H3,(H,40,41)/b7-4+. The number of hydrogen-bond donors (Lipinski definition) is 1. The van der Waals surface area contributed by atoms with Crippen LogP contribution in [0.5, 0.6) is 0 Å². The molecule has 0 bridgehead atoms. The molecule has 1 aliphatic carbocycles. The zero-order valence-corrected chi connectivity index (χ0v) is 24.9. The first kappa shape index (κ1) is 29.1. The number of rotatable bonds is 8. The first-order valence-corrected chi connectivity index (χ1v) is 14.7. The number of aryl methyl sites for hydroxylation is 1. The van der Waals surface area contributed by atoms with Gasteiger partial charge in [0.1, 0.15) is 0 Å². The molecule has 1 N–H and O–H groups in total. The molecule has 1 saturated heterocycles. The minimum absolute atomic E-state index is 0.0115. The Morgan fingerprint density at radius 1 is 0.976 bits per heavy atom. The number of likely N-dealkylation sites (N-methyl/N-ethyl adjacent to an activating group) is 1. The molecule has 1 aliphatic heterocycles. The number of fused-ring (bicyclic) bond motifs is 1. The number of likely N-dealkylation sites (tertiary alicyclic amines) is 1.